The number of aromatic carboxylic acids is 1. The van der Waals surface area contributed by atoms with Gasteiger partial charge in [0.1, 0.15) is 24.1 Å². The molecule has 6 aromatic rings. The van der Waals surface area contributed by atoms with Crippen LogP contribution in [0.2, 0.25) is 5.02 Å². The van der Waals surface area contributed by atoms with Crippen molar-refractivity contribution in [3.8, 4) is 23.0 Å². The molecule has 2 aromatic carbocycles. The number of hydrogen-bond acceptors (Lipinski definition) is 8. The molecule has 0 aliphatic carbocycles. The van der Waals surface area contributed by atoms with Crippen molar-refractivity contribution in [2.45, 2.75) is 19.6 Å². The number of rotatable bonds is 11. The Bertz CT molecular complexity index is 2070. The van der Waals surface area contributed by atoms with Gasteiger partial charge in [-0.15, -0.1) is 5.10 Å². The van der Waals surface area contributed by atoms with E-state index >= 15 is 8.78 Å². The summed E-state index contributed by atoms with van der Waals surface area (Å²) in [4.78, 5) is 24.4. The molecule has 0 fully saturated rings. The summed E-state index contributed by atoms with van der Waals surface area (Å²) in [6.45, 7) is 0.386. The number of aromatic nitrogens is 7. The number of fused-ring (bicyclic) bond motifs is 1. The number of benzene rings is 2. The third-order valence-electron chi connectivity index (χ3n) is 7.10. The van der Waals surface area contributed by atoms with Crippen molar-refractivity contribution >= 4 is 28.6 Å². The first-order valence-electron chi connectivity index (χ1n) is 13.7. The number of carboxylic acids is 1. The van der Waals surface area contributed by atoms with Gasteiger partial charge in [0.2, 0.25) is 0 Å². The summed E-state index contributed by atoms with van der Waals surface area (Å²) >= 11 is 6.34. The number of hydrogen-bond donors (Lipinski definition) is 1. The molecule has 1 N–H and O–H groups in total. The molecule has 46 heavy (non-hydrogen) atoms. The molecule has 0 amide bonds. The van der Waals surface area contributed by atoms with Crippen molar-refractivity contribution < 1.29 is 32.5 Å². The Hall–Kier alpha value is -5.34. The summed E-state index contributed by atoms with van der Waals surface area (Å²) < 4.78 is 59.4. The smallest absolute Gasteiger partial charge is 0.335 e. The van der Waals surface area contributed by atoms with Crippen molar-refractivity contribution in [3.05, 3.63) is 112 Å². The van der Waals surface area contributed by atoms with Crippen LogP contribution in [0.25, 0.3) is 28.1 Å². The first kappa shape index (κ1) is 30.7. The van der Waals surface area contributed by atoms with Crippen LogP contribution in [0.1, 0.15) is 27.3 Å². The first-order valence-corrected chi connectivity index (χ1v) is 14.1. The van der Waals surface area contributed by atoms with Gasteiger partial charge in [0, 0.05) is 43.5 Å². The molecule has 0 unspecified atom stereocenters. The Morgan fingerprint density at radius 2 is 1.85 bits per heavy atom. The van der Waals surface area contributed by atoms with Gasteiger partial charge >= 0.3 is 5.97 Å². The van der Waals surface area contributed by atoms with Gasteiger partial charge < -0.3 is 19.1 Å². The molecule has 0 aliphatic heterocycles. The lowest BCUT2D eigenvalue weighted by Crippen LogP contribution is -2.10. The van der Waals surface area contributed by atoms with Gasteiger partial charge in [-0.05, 0) is 48.0 Å². The van der Waals surface area contributed by atoms with E-state index in [-0.39, 0.29) is 47.0 Å². The van der Waals surface area contributed by atoms with Crippen LogP contribution in [0.4, 0.5) is 13.2 Å². The van der Waals surface area contributed by atoms with Crippen molar-refractivity contribution in [2.75, 3.05) is 13.7 Å². The molecular weight excluding hydrogens is 627 g/mol. The SMILES string of the molecule is COCCn1c(Cc2cc(F)c(-c3ccc(F)c(OCc4cnc(-n5ccnn5)cc4Cl)n3)cc2F)nc2ccc(C(=O)O)cc21. The molecule has 4 heterocycles. The van der Waals surface area contributed by atoms with E-state index < -0.39 is 29.3 Å². The minimum absolute atomic E-state index is 0.00347. The molecule has 0 saturated heterocycles. The summed E-state index contributed by atoms with van der Waals surface area (Å²) in [7, 11) is 1.51. The van der Waals surface area contributed by atoms with E-state index in [9.17, 15) is 14.3 Å². The van der Waals surface area contributed by atoms with Crippen molar-refractivity contribution in [2.24, 2.45) is 0 Å². The van der Waals surface area contributed by atoms with E-state index in [0.717, 1.165) is 18.2 Å². The molecule has 4 aromatic heterocycles. The minimum Gasteiger partial charge on any atom is -0.478 e. The molecule has 15 heteroatoms. The van der Waals surface area contributed by atoms with Crippen LogP contribution < -0.4 is 4.74 Å². The Labute approximate surface area is 263 Å². The average molecular weight is 650 g/mol. The molecule has 6 rings (SSSR count). The van der Waals surface area contributed by atoms with Crippen molar-refractivity contribution in [3.63, 3.8) is 0 Å². The van der Waals surface area contributed by atoms with Crippen molar-refractivity contribution in [1.82, 2.24) is 34.5 Å². The summed E-state index contributed by atoms with van der Waals surface area (Å²) in [5.74, 6) is -3.10. The highest BCUT2D eigenvalue weighted by atomic mass is 35.5. The fourth-order valence-corrected chi connectivity index (χ4v) is 5.00. The van der Waals surface area contributed by atoms with Crippen LogP contribution in [-0.2, 0) is 24.3 Å². The van der Waals surface area contributed by atoms with Gasteiger partial charge in [0.15, 0.2) is 11.6 Å². The van der Waals surface area contributed by atoms with Crippen LogP contribution in [0.5, 0.6) is 5.88 Å². The fourth-order valence-electron chi connectivity index (χ4n) is 4.79. The normalized spacial score (nSPS) is 11.3. The van der Waals surface area contributed by atoms with Crippen LogP contribution in [0.3, 0.4) is 0 Å². The molecule has 0 atom stereocenters. The molecule has 11 nitrogen and oxygen atoms in total. The van der Waals surface area contributed by atoms with Crippen LogP contribution in [-0.4, -0.2) is 59.3 Å². The standard InChI is InChI=1S/C31H23ClF3N7O4/c1-45-9-8-41-27-11-17(31(43)44)2-4-26(27)38-29(41)12-18-10-24(35)20(13-23(18)34)25-5-3-22(33)30(39-25)46-16-19-15-36-28(14-21(19)32)42-7-6-37-40-42/h2-7,10-11,13-15H,8-9,12,16H2,1H3,(H,43,44). The third kappa shape index (κ3) is 6.25. The van der Waals surface area contributed by atoms with Crippen molar-refractivity contribution in [1.29, 1.82) is 0 Å². The fraction of sp³-hybridized carbons (Fsp3) is 0.161. The maximum Gasteiger partial charge on any atom is 0.335 e. The highest BCUT2D eigenvalue weighted by Crippen LogP contribution is 2.30. The van der Waals surface area contributed by atoms with Gasteiger partial charge in [0.05, 0.1) is 46.3 Å². The molecule has 0 bridgehead atoms. The number of carbonyl (C=O) groups is 1. The highest BCUT2D eigenvalue weighted by molar-refractivity contribution is 6.31. The van der Waals surface area contributed by atoms with E-state index in [1.807, 2.05) is 0 Å². The number of halogens is 4. The lowest BCUT2D eigenvalue weighted by molar-refractivity contribution is 0.0697. The Kier molecular flexibility index (Phi) is 8.63. The topological polar surface area (TPSA) is 130 Å². The monoisotopic (exact) mass is 649 g/mol. The zero-order chi connectivity index (χ0) is 32.4. The Morgan fingerprint density at radius 3 is 2.59 bits per heavy atom. The predicted molar refractivity (Wildman–Crippen MR) is 159 cm³/mol. The maximum atomic E-state index is 15.5. The lowest BCUT2D eigenvalue weighted by atomic mass is 10.0. The number of ether oxygens (including phenoxy) is 2. The van der Waals surface area contributed by atoms with Gasteiger partial charge in [0.25, 0.3) is 5.88 Å². The molecule has 0 saturated carbocycles. The average Bonchev–Trinajstić information content (AvgIpc) is 3.70. The Balaban J connectivity index is 1.25. The summed E-state index contributed by atoms with van der Waals surface area (Å²) in [5.41, 5.74) is 1.25. The van der Waals surface area contributed by atoms with Crippen LogP contribution >= 0.6 is 11.6 Å². The summed E-state index contributed by atoms with van der Waals surface area (Å²) in [6, 6.07) is 10.3. The predicted octanol–water partition coefficient (Wildman–Crippen LogP) is 5.66. The van der Waals surface area contributed by atoms with E-state index in [4.69, 9.17) is 21.1 Å². The van der Waals surface area contributed by atoms with E-state index in [1.165, 1.54) is 48.5 Å². The number of imidazole rings is 1. The maximum absolute atomic E-state index is 15.5. The number of nitrogens with zero attached hydrogens (tertiary/aromatic N) is 7. The number of pyridine rings is 2. The van der Waals surface area contributed by atoms with E-state index in [1.54, 1.807) is 16.8 Å². The Morgan fingerprint density at radius 1 is 1.00 bits per heavy atom. The van der Waals surface area contributed by atoms with Crippen LogP contribution in [0.15, 0.2) is 67.1 Å². The largest absolute Gasteiger partial charge is 0.478 e. The highest BCUT2D eigenvalue weighted by Gasteiger charge is 2.19. The minimum atomic E-state index is -1.10. The lowest BCUT2D eigenvalue weighted by Gasteiger charge is -2.12. The zero-order valence-electron chi connectivity index (χ0n) is 24.0. The van der Waals surface area contributed by atoms with E-state index in [0.29, 0.717) is 34.8 Å². The number of carboxylic acid groups (broad SMARTS) is 1. The molecule has 234 valence electrons. The quantitative estimate of drug-likeness (QED) is 0.189. The molecule has 0 radical (unpaired) electrons. The van der Waals surface area contributed by atoms with Crippen LogP contribution in [0, 0.1) is 17.5 Å². The second-order valence-electron chi connectivity index (χ2n) is 10.0. The molecule has 0 aliphatic rings. The first-order chi connectivity index (χ1) is 22.2. The summed E-state index contributed by atoms with van der Waals surface area (Å²) in [5, 5.41) is 17.2. The summed E-state index contributed by atoms with van der Waals surface area (Å²) in [6.07, 6.45) is 4.41. The van der Waals surface area contributed by atoms with Gasteiger partial charge in [-0.3, -0.25) is 0 Å². The van der Waals surface area contributed by atoms with Gasteiger partial charge in [-0.1, -0.05) is 16.8 Å². The zero-order valence-corrected chi connectivity index (χ0v) is 24.7. The third-order valence-corrected chi connectivity index (χ3v) is 7.46. The second-order valence-corrected chi connectivity index (χ2v) is 10.4. The molecular formula is C31H23ClF3N7O4. The second kappa shape index (κ2) is 12.9. The van der Waals surface area contributed by atoms with Gasteiger partial charge in [-0.25, -0.2) is 37.6 Å². The molecule has 0 spiro atoms. The van der Waals surface area contributed by atoms with Gasteiger partial charge in [-0.2, -0.15) is 0 Å². The number of methoxy groups -OCH3 is 1. The van der Waals surface area contributed by atoms with E-state index in [2.05, 4.69) is 25.3 Å².